The molecule has 102 valence electrons. The van der Waals surface area contributed by atoms with E-state index in [-0.39, 0.29) is 12.4 Å². The smallest absolute Gasteiger partial charge is 0.350 e. The molecular weight excluding hydrogens is 272 g/mol. The number of nitrogen functional groups attached to an aromatic ring is 1. The summed E-state index contributed by atoms with van der Waals surface area (Å²) in [4.78, 5) is 18.0. The molecule has 19 heavy (non-hydrogen) atoms. The van der Waals surface area contributed by atoms with E-state index >= 15 is 0 Å². The normalized spacial score (nSPS) is 30.0. The molecule has 0 bridgehead atoms. The molecule has 0 aliphatic carbocycles. The summed E-state index contributed by atoms with van der Waals surface area (Å²) in [5.74, 6) is 0.0869. The highest BCUT2D eigenvalue weighted by molar-refractivity contribution is 8.00. The molecule has 9 nitrogen and oxygen atoms in total. The standard InChI is InChI=1S/C9H12N6O3S/c10-5-1-2-15(9(18)12-5)8-6(13-14-11)7(17)4(3-16)19-8/h1-2,4,6-8,16-17H,3H2,(H2,10,12,18)/t4-,6+,7-,8-/m1/s1. The molecule has 0 aromatic carbocycles. The lowest BCUT2D eigenvalue weighted by molar-refractivity contribution is 0.120. The number of azide groups is 1. The highest BCUT2D eigenvalue weighted by Crippen LogP contribution is 2.42. The molecular formula is C9H12N6O3S. The van der Waals surface area contributed by atoms with Crippen molar-refractivity contribution in [3.05, 3.63) is 33.2 Å². The maximum Gasteiger partial charge on any atom is 0.350 e. The van der Waals surface area contributed by atoms with Crippen molar-refractivity contribution in [1.82, 2.24) is 9.55 Å². The zero-order valence-corrected chi connectivity index (χ0v) is 10.5. The van der Waals surface area contributed by atoms with Crippen LogP contribution in [0, 0.1) is 0 Å². The zero-order valence-electron chi connectivity index (χ0n) is 9.70. The van der Waals surface area contributed by atoms with Crippen molar-refractivity contribution in [1.29, 1.82) is 0 Å². The summed E-state index contributed by atoms with van der Waals surface area (Å²) >= 11 is 1.16. The van der Waals surface area contributed by atoms with E-state index in [9.17, 15) is 9.90 Å². The maximum absolute atomic E-state index is 11.8. The third kappa shape index (κ3) is 2.51. The van der Waals surface area contributed by atoms with Gasteiger partial charge in [-0.1, -0.05) is 5.11 Å². The van der Waals surface area contributed by atoms with Crippen molar-refractivity contribution >= 4 is 17.6 Å². The maximum atomic E-state index is 11.8. The van der Waals surface area contributed by atoms with E-state index in [1.807, 2.05) is 0 Å². The summed E-state index contributed by atoms with van der Waals surface area (Å²) in [5.41, 5.74) is 13.3. The van der Waals surface area contributed by atoms with Crippen molar-refractivity contribution in [3.8, 4) is 0 Å². The second-order valence-corrected chi connectivity index (χ2v) is 5.34. The fourth-order valence-corrected chi connectivity index (χ4v) is 3.35. The molecule has 1 aliphatic heterocycles. The van der Waals surface area contributed by atoms with Gasteiger partial charge in [0.2, 0.25) is 0 Å². The van der Waals surface area contributed by atoms with Gasteiger partial charge in [0.25, 0.3) is 0 Å². The summed E-state index contributed by atoms with van der Waals surface area (Å²) in [5, 5.41) is 21.5. The van der Waals surface area contributed by atoms with Crippen molar-refractivity contribution in [2.45, 2.75) is 22.8 Å². The Balaban J connectivity index is 2.41. The van der Waals surface area contributed by atoms with Crippen LogP contribution < -0.4 is 11.4 Å². The average molecular weight is 284 g/mol. The Hall–Kier alpha value is -1.74. The molecule has 0 radical (unpaired) electrons. The first-order chi connectivity index (χ1) is 9.08. The van der Waals surface area contributed by atoms with Crippen LogP contribution in [0.1, 0.15) is 5.37 Å². The second-order valence-electron chi connectivity index (χ2n) is 3.98. The van der Waals surface area contributed by atoms with Crippen LogP contribution in [0.5, 0.6) is 0 Å². The highest BCUT2D eigenvalue weighted by Gasteiger charge is 2.43. The van der Waals surface area contributed by atoms with Gasteiger partial charge in [-0.15, -0.1) is 11.8 Å². The first kappa shape index (κ1) is 13.7. The SMILES string of the molecule is [N-]=[N+]=N[C@H]1[C@H](O)[C@@H](CO)S[C@H]1n1ccc(N)nc1=O. The number of hydrogen-bond donors (Lipinski definition) is 3. The Bertz CT molecular complexity index is 571. The molecule has 1 aromatic rings. The number of aromatic nitrogens is 2. The number of rotatable bonds is 3. The lowest BCUT2D eigenvalue weighted by atomic mass is 10.1. The number of aliphatic hydroxyl groups is 2. The minimum absolute atomic E-state index is 0.0869. The highest BCUT2D eigenvalue weighted by atomic mass is 32.2. The third-order valence-electron chi connectivity index (χ3n) is 2.83. The van der Waals surface area contributed by atoms with Crippen LogP contribution in [0.25, 0.3) is 10.4 Å². The lowest BCUT2D eigenvalue weighted by Gasteiger charge is -2.17. The van der Waals surface area contributed by atoms with Crippen LogP contribution in [0.15, 0.2) is 22.2 Å². The number of nitrogens with two attached hydrogens (primary N) is 1. The molecule has 0 unspecified atom stereocenters. The van der Waals surface area contributed by atoms with Gasteiger partial charge in [0.15, 0.2) is 0 Å². The molecule has 0 spiro atoms. The fraction of sp³-hybridized carbons (Fsp3) is 0.556. The summed E-state index contributed by atoms with van der Waals surface area (Å²) in [6.45, 7) is -0.281. The van der Waals surface area contributed by atoms with Crippen molar-refractivity contribution in [3.63, 3.8) is 0 Å². The number of thioether (sulfide) groups is 1. The topological polar surface area (TPSA) is 150 Å². The summed E-state index contributed by atoms with van der Waals surface area (Å²) < 4.78 is 1.24. The van der Waals surface area contributed by atoms with Crippen molar-refractivity contribution < 1.29 is 10.2 Å². The third-order valence-corrected chi connectivity index (χ3v) is 4.39. The van der Waals surface area contributed by atoms with E-state index in [1.165, 1.54) is 16.8 Å². The van der Waals surface area contributed by atoms with Crippen LogP contribution in [0.3, 0.4) is 0 Å². The molecule has 4 N–H and O–H groups in total. The van der Waals surface area contributed by atoms with Gasteiger partial charge in [0, 0.05) is 11.1 Å². The molecule has 0 saturated carbocycles. The first-order valence-corrected chi connectivity index (χ1v) is 6.36. The Labute approximate surface area is 111 Å². The van der Waals surface area contributed by atoms with Gasteiger partial charge in [-0.05, 0) is 11.6 Å². The van der Waals surface area contributed by atoms with Crippen molar-refractivity contribution in [2.24, 2.45) is 5.11 Å². The lowest BCUT2D eigenvalue weighted by Crippen LogP contribution is -2.34. The molecule has 1 saturated heterocycles. The molecule has 10 heteroatoms. The monoisotopic (exact) mass is 284 g/mol. The Kier molecular flexibility index (Phi) is 3.96. The van der Waals surface area contributed by atoms with Gasteiger partial charge in [0.05, 0.1) is 29.4 Å². The summed E-state index contributed by atoms with van der Waals surface area (Å²) in [7, 11) is 0. The second kappa shape index (κ2) is 5.49. The van der Waals surface area contributed by atoms with Crippen LogP contribution in [-0.2, 0) is 0 Å². The van der Waals surface area contributed by atoms with E-state index in [1.54, 1.807) is 0 Å². The van der Waals surface area contributed by atoms with Gasteiger partial charge in [-0.25, -0.2) is 4.79 Å². The minimum atomic E-state index is -1.03. The van der Waals surface area contributed by atoms with Gasteiger partial charge in [-0.2, -0.15) is 4.98 Å². The Morgan fingerprint density at radius 3 is 3.00 bits per heavy atom. The molecule has 1 fully saturated rings. The predicted octanol–water partition coefficient (Wildman–Crippen LogP) is -0.528. The van der Waals surface area contributed by atoms with Crippen LogP contribution in [0.4, 0.5) is 5.82 Å². The number of anilines is 1. The summed E-state index contributed by atoms with van der Waals surface area (Å²) in [6, 6.07) is 0.587. The van der Waals surface area contributed by atoms with Crippen LogP contribution >= 0.6 is 11.8 Å². The Morgan fingerprint density at radius 1 is 1.68 bits per heavy atom. The van der Waals surface area contributed by atoms with Gasteiger partial charge < -0.3 is 15.9 Å². The largest absolute Gasteiger partial charge is 0.395 e. The van der Waals surface area contributed by atoms with Crippen LogP contribution in [-0.4, -0.2) is 43.8 Å². The molecule has 1 aromatic heterocycles. The number of nitrogens with zero attached hydrogens (tertiary/aromatic N) is 5. The van der Waals surface area contributed by atoms with E-state index in [0.29, 0.717) is 0 Å². The Morgan fingerprint density at radius 2 is 2.42 bits per heavy atom. The van der Waals surface area contributed by atoms with E-state index in [2.05, 4.69) is 15.0 Å². The van der Waals surface area contributed by atoms with Crippen molar-refractivity contribution in [2.75, 3.05) is 12.3 Å². The zero-order chi connectivity index (χ0) is 14.0. The number of hydrogen-bond acceptors (Lipinski definition) is 7. The first-order valence-electron chi connectivity index (χ1n) is 5.41. The van der Waals surface area contributed by atoms with E-state index < -0.39 is 28.5 Å². The quantitative estimate of drug-likeness (QED) is 0.385. The fourth-order valence-electron chi connectivity index (χ4n) is 1.91. The van der Waals surface area contributed by atoms with Gasteiger partial charge in [-0.3, -0.25) is 4.57 Å². The minimum Gasteiger partial charge on any atom is -0.395 e. The molecule has 0 amide bonds. The molecule has 2 heterocycles. The van der Waals surface area contributed by atoms with Crippen LogP contribution in [0.2, 0.25) is 0 Å². The molecule has 1 aliphatic rings. The molecule has 4 atom stereocenters. The van der Waals surface area contributed by atoms with Gasteiger partial charge >= 0.3 is 5.69 Å². The number of aliphatic hydroxyl groups excluding tert-OH is 2. The van der Waals surface area contributed by atoms with Gasteiger partial charge in [0.1, 0.15) is 5.82 Å². The predicted molar refractivity (Wildman–Crippen MR) is 69.4 cm³/mol. The average Bonchev–Trinajstić information content (AvgIpc) is 2.68. The van der Waals surface area contributed by atoms with E-state index in [4.69, 9.17) is 16.4 Å². The molecule has 2 rings (SSSR count). The summed E-state index contributed by atoms with van der Waals surface area (Å²) in [6.07, 6.45) is 0.398. The van der Waals surface area contributed by atoms with E-state index in [0.717, 1.165) is 11.8 Å².